The summed E-state index contributed by atoms with van der Waals surface area (Å²) in [6.45, 7) is 0. The molecule has 1 aromatic rings. The van der Waals surface area contributed by atoms with Crippen LogP contribution in [0.15, 0.2) is 12.1 Å². The van der Waals surface area contributed by atoms with E-state index in [0.29, 0.717) is 23.6 Å². The van der Waals surface area contributed by atoms with Gasteiger partial charge in [0.05, 0.1) is 15.1 Å². The number of carbonyl (C=O) groups excluding carboxylic acids is 1. The molecule has 0 fully saturated rings. The minimum Gasteiger partial charge on any atom is -0.228 e. The van der Waals surface area contributed by atoms with Crippen LogP contribution >= 0.6 is 43.0 Å². The topological polar surface area (TPSA) is 17.1 Å². The summed E-state index contributed by atoms with van der Waals surface area (Å²) in [6.07, 6.45) is 0. The van der Waals surface area contributed by atoms with Gasteiger partial charge in [-0.2, -0.15) is 0 Å². The van der Waals surface area contributed by atoms with E-state index in [2.05, 4.69) is 0 Å². The first-order valence-corrected chi connectivity index (χ1v) is 4.91. The molecule has 12 heavy (non-hydrogen) atoms. The average molecular weight is 239 g/mol. The Bertz CT molecular complexity index is 358. The second-order valence-electron chi connectivity index (χ2n) is 1.90. The fourth-order valence-electron chi connectivity index (χ4n) is 0.651. The summed E-state index contributed by atoms with van der Waals surface area (Å²) < 4.78 is 0. The lowest BCUT2D eigenvalue weighted by molar-refractivity contribution is 0.572. The SMILES string of the molecule is O=C=Pc1ccc(Cl)c(Cl)c1Cl. The molecule has 0 unspecified atom stereocenters. The fraction of sp³-hybridized carbons (Fsp3) is 0. The molecule has 0 aliphatic carbocycles. The molecular weight excluding hydrogens is 237 g/mol. The average Bonchev–Trinajstić information content (AvgIpc) is 2.07. The largest absolute Gasteiger partial charge is 0.228 e. The van der Waals surface area contributed by atoms with Gasteiger partial charge in [0, 0.05) is 13.5 Å². The number of hydrogen-bond acceptors (Lipinski definition) is 1. The van der Waals surface area contributed by atoms with Crippen LogP contribution in [-0.2, 0) is 4.79 Å². The second-order valence-corrected chi connectivity index (χ2v) is 3.95. The van der Waals surface area contributed by atoms with Crippen LogP contribution in [0.25, 0.3) is 0 Å². The maximum Gasteiger partial charge on any atom is 0.155 e. The van der Waals surface area contributed by atoms with E-state index in [1.54, 1.807) is 17.8 Å². The molecule has 0 atom stereocenters. The fourth-order valence-corrected chi connectivity index (χ4v) is 1.84. The maximum atomic E-state index is 10.1. The summed E-state index contributed by atoms with van der Waals surface area (Å²) >= 11 is 17.2. The molecule has 0 aromatic heterocycles. The third kappa shape index (κ3) is 2.01. The van der Waals surface area contributed by atoms with Crippen LogP contribution in [0.4, 0.5) is 0 Å². The molecule has 0 heterocycles. The standard InChI is InChI=1S/C7H2Cl3OP/c8-4-1-2-5(12-3-11)7(10)6(4)9/h1-2H. The minimum atomic E-state index is 0.276. The van der Waals surface area contributed by atoms with E-state index in [4.69, 9.17) is 34.8 Å². The Labute approximate surface area is 86.0 Å². The van der Waals surface area contributed by atoms with Crippen molar-refractivity contribution < 1.29 is 4.79 Å². The lowest BCUT2D eigenvalue weighted by Crippen LogP contribution is -1.93. The lowest BCUT2D eigenvalue weighted by Gasteiger charge is -1.99. The summed E-state index contributed by atoms with van der Waals surface area (Å²) in [5.74, 6) is 0. The molecule has 0 N–H and O–H groups in total. The van der Waals surface area contributed by atoms with Gasteiger partial charge in [0.1, 0.15) is 0 Å². The Kier molecular flexibility index (Phi) is 3.58. The summed E-state index contributed by atoms with van der Waals surface area (Å²) in [6, 6.07) is 3.23. The zero-order chi connectivity index (χ0) is 9.14. The van der Waals surface area contributed by atoms with Crippen LogP contribution in [0.2, 0.25) is 15.1 Å². The highest BCUT2D eigenvalue weighted by Gasteiger charge is 2.06. The van der Waals surface area contributed by atoms with Crippen LogP contribution in [0, 0.1) is 0 Å². The quantitative estimate of drug-likeness (QED) is 0.543. The van der Waals surface area contributed by atoms with Crippen molar-refractivity contribution in [3.63, 3.8) is 0 Å². The summed E-state index contributed by atoms with van der Waals surface area (Å²) in [7, 11) is 0.371. The van der Waals surface area contributed by atoms with Gasteiger partial charge < -0.3 is 0 Å². The van der Waals surface area contributed by atoms with Crippen molar-refractivity contribution in [3.8, 4) is 0 Å². The van der Waals surface area contributed by atoms with Gasteiger partial charge in [-0.25, -0.2) is 4.79 Å². The molecule has 0 radical (unpaired) electrons. The third-order valence-electron chi connectivity index (χ3n) is 1.18. The van der Waals surface area contributed by atoms with Crippen LogP contribution in [-0.4, -0.2) is 5.66 Å². The molecule has 1 nitrogen and oxygen atoms in total. The van der Waals surface area contributed by atoms with Crippen molar-refractivity contribution in [2.45, 2.75) is 0 Å². The van der Waals surface area contributed by atoms with E-state index in [9.17, 15) is 4.79 Å². The zero-order valence-corrected chi connectivity index (χ0v) is 8.81. The second kappa shape index (κ2) is 4.28. The van der Waals surface area contributed by atoms with Gasteiger partial charge >= 0.3 is 0 Å². The smallest absolute Gasteiger partial charge is 0.155 e. The highest BCUT2D eigenvalue weighted by Crippen LogP contribution is 2.29. The van der Waals surface area contributed by atoms with Gasteiger partial charge in [-0.05, 0) is 12.1 Å². The van der Waals surface area contributed by atoms with Crippen molar-refractivity contribution in [1.29, 1.82) is 0 Å². The zero-order valence-electron chi connectivity index (χ0n) is 5.64. The molecule has 5 heteroatoms. The molecule has 0 saturated carbocycles. The minimum absolute atomic E-state index is 0.276. The van der Waals surface area contributed by atoms with Crippen LogP contribution in [0.1, 0.15) is 0 Å². The number of hydrogen-bond donors (Lipinski definition) is 0. The van der Waals surface area contributed by atoms with Gasteiger partial charge in [0.25, 0.3) is 0 Å². The van der Waals surface area contributed by atoms with Crippen molar-refractivity contribution in [1.82, 2.24) is 0 Å². The number of benzene rings is 1. The highest BCUT2D eigenvalue weighted by molar-refractivity contribution is 7.46. The Morgan fingerprint density at radius 1 is 1.17 bits per heavy atom. The first-order chi connectivity index (χ1) is 5.66. The maximum absolute atomic E-state index is 10.1. The molecule has 1 aromatic carbocycles. The van der Waals surface area contributed by atoms with Crippen molar-refractivity contribution in [2.24, 2.45) is 0 Å². The molecule has 0 aliphatic heterocycles. The van der Waals surface area contributed by atoms with Crippen molar-refractivity contribution in [2.75, 3.05) is 0 Å². The van der Waals surface area contributed by atoms with E-state index in [1.807, 2.05) is 0 Å². The summed E-state index contributed by atoms with van der Waals surface area (Å²) in [5.41, 5.74) is 1.71. The van der Waals surface area contributed by atoms with E-state index < -0.39 is 0 Å². The normalized spacial score (nSPS) is 9.92. The van der Waals surface area contributed by atoms with Crippen LogP contribution in [0.5, 0.6) is 0 Å². The molecule has 0 bridgehead atoms. The van der Waals surface area contributed by atoms with Gasteiger partial charge in [-0.15, -0.1) is 0 Å². The van der Waals surface area contributed by atoms with Crippen LogP contribution < -0.4 is 5.30 Å². The monoisotopic (exact) mass is 238 g/mol. The Hall–Kier alpha value is -0.0300. The van der Waals surface area contributed by atoms with E-state index in [-0.39, 0.29) is 5.02 Å². The van der Waals surface area contributed by atoms with E-state index >= 15 is 0 Å². The molecule has 0 aliphatic rings. The number of halogens is 3. The van der Waals surface area contributed by atoms with Gasteiger partial charge in [0.15, 0.2) is 5.66 Å². The number of rotatable bonds is 1. The first-order valence-electron chi connectivity index (χ1n) is 2.88. The van der Waals surface area contributed by atoms with Gasteiger partial charge in [0.2, 0.25) is 0 Å². The molecular formula is C7H2Cl3OP. The molecule has 1 rings (SSSR count). The predicted octanol–water partition coefficient (Wildman–Crippen LogP) is 3.29. The first kappa shape index (κ1) is 10.1. The Balaban J connectivity index is 3.35. The predicted molar refractivity (Wildman–Crippen MR) is 53.7 cm³/mol. The lowest BCUT2D eigenvalue weighted by atomic mass is 10.4. The van der Waals surface area contributed by atoms with Gasteiger partial charge in [-0.3, -0.25) is 0 Å². The van der Waals surface area contributed by atoms with Gasteiger partial charge in [-0.1, -0.05) is 34.8 Å². The third-order valence-corrected chi connectivity index (χ3v) is 3.31. The van der Waals surface area contributed by atoms with E-state index in [1.165, 1.54) is 0 Å². The molecule has 62 valence electrons. The van der Waals surface area contributed by atoms with Crippen molar-refractivity contribution >= 4 is 54.0 Å². The Morgan fingerprint density at radius 3 is 2.42 bits per heavy atom. The molecule has 0 saturated heterocycles. The van der Waals surface area contributed by atoms with Crippen LogP contribution in [0.3, 0.4) is 0 Å². The van der Waals surface area contributed by atoms with E-state index in [0.717, 1.165) is 0 Å². The summed E-state index contributed by atoms with van der Waals surface area (Å²) in [5, 5.41) is 1.58. The van der Waals surface area contributed by atoms with Crippen molar-refractivity contribution in [3.05, 3.63) is 27.2 Å². The molecule has 0 spiro atoms. The highest BCUT2D eigenvalue weighted by atomic mass is 35.5. The molecule has 0 amide bonds. The Morgan fingerprint density at radius 2 is 1.83 bits per heavy atom. The summed E-state index contributed by atoms with van der Waals surface area (Å²) in [4.78, 5) is 10.1.